The van der Waals surface area contributed by atoms with E-state index in [1.807, 2.05) is 20.8 Å². The quantitative estimate of drug-likeness (QED) is 0.465. The van der Waals surface area contributed by atoms with Gasteiger partial charge in [-0.15, -0.1) is 0 Å². The summed E-state index contributed by atoms with van der Waals surface area (Å²) in [7, 11) is -3.86. The second-order valence-corrected chi connectivity index (χ2v) is 10.1. The number of sulfonamides is 1. The largest absolute Gasteiger partial charge is 0.484 e. The zero-order chi connectivity index (χ0) is 25.0. The van der Waals surface area contributed by atoms with Crippen LogP contribution in [0.2, 0.25) is 0 Å². The fraction of sp³-hybridized carbons (Fsp3) is 0.269. The summed E-state index contributed by atoms with van der Waals surface area (Å²) in [6.07, 6.45) is 0. The number of nitrogens with one attached hydrogen (secondary N) is 2. The normalized spacial score (nSPS) is 12.2. The highest BCUT2D eigenvalue weighted by atomic mass is 32.2. The van der Waals surface area contributed by atoms with Gasteiger partial charge in [-0.3, -0.25) is 9.52 Å². The number of anilines is 1. The van der Waals surface area contributed by atoms with Crippen LogP contribution in [0.25, 0.3) is 0 Å². The predicted octanol–water partition coefficient (Wildman–Crippen LogP) is 5.12. The fourth-order valence-electron chi connectivity index (χ4n) is 3.64. The zero-order valence-corrected chi connectivity index (χ0v) is 20.7. The van der Waals surface area contributed by atoms with Crippen LogP contribution in [0.3, 0.4) is 0 Å². The van der Waals surface area contributed by atoms with Gasteiger partial charge in [-0.25, -0.2) is 12.8 Å². The van der Waals surface area contributed by atoms with Crippen molar-refractivity contribution in [1.82, 2.24) is 5.32 Å². The molecule has 0 aliphatic heterocycles. The summed E-state index contributed by atoms with van der Waals surface area (Å²) in [6.45, 7) is 9.54. The molecular formula is C26H29FN2O4S. The van der Waals surface area contributed by atoms with Crippen molar-refractivity contribution in [2.75, 3.05) is 11.3 Å². The number of amides is 1. The molecule has 0 saturated carbocycles. The summed E-state index contributed by atoms with van der Waals surface area (Å²) in [6, 6.07) is 13.4. The lowest BCUT2D eigenvalue weighted by Gasteiger charge is -2.19. The number of ether oxygens (including phenoxy) is 1. The molecule has 3 aromatic carbocycles. The third kappa shape index (κ3) is 6.14. The lowest BCUT2D eigenvalue weighted by molar-refractivity contribution is -0.123. The molecule has 0 aliphatic rings. The molecular weight excluding hydrogens is 455 g/mol. The van der Waals surface area contributed by atoms with Crippen LogP contribution in [-0.4, -0.2) is 20.9 Å². The van der Waals surface area contributed by atoms with Crippen molar-refractivity contribution in [2.45, 2.75) is 45.6 Å². The zero-order valence-electron chi connectivity index (χ0n) is 19.9. The van der Waals surface area contributed by atoms with Crippen LogP contribution >= 0.6 is 0 Å². The van der Waals surface area contributed by atoms with Crippen molar-refractivity contribution < 1.29 is 22.3 Å². The Balaban J connectivity index is 1.62. The van der Waals surface area contributed by atoms with E-state index >= 15 is 0 Å². The van der Waals surface area contributed by atoms with E-state index in [2.05, 4.69) is 29.1 Å². The smallest absolute Gasteiger partial charge is 0.261 e. The van der Waals surface area contributed by atoms with Crippen LogP contribution in [0.15, 0.2) is 59.5 Å². The molecule has 3 aromatic rings. The maximum Gasteiger partial charge on any atom is 0.261 e. The summed E-state index contributed by atoms with van der Waals surface area (Å²) in [5.74, 6) is -0.326. The van der Waals surface area contributed by atoms with E-state index in [0.717, 1.165) is 16.7 Å². The number of rotatable bonds is 8. The van der Waals surface area contributed by atoms with Gasteiger partial charge in [0, 0.05) is 5.69 Å². The van der Waals surface area contributed by atoms with Crippen LogP contribution in [-0.2, 0) is 14.8 Å². The molecule has 0 aliphatic carbocycles. The third-order valence-corrected chi connectivity index (χ3v) is 7.02. The third-order valence-electron chi connectivity index (χ3n) is 5.64. The van der Waals surface area contributed by atoms with E-state index in [-0.39, 0.29) is 29.1 Å². The van der Waals surface area contributed by atoms with Crippen LogP contribution in [0.4, 0.5) is 10.1 Å². The molecule has 6 nitrogen and oxygen atoms in total. The summed E-state index contributed by atoms with van der Waals surface area (Å²) in [5, 5.41) is 2.94. The molecule has 3 rings (SSSR count). The van der Waals surface area contributed by atoms with Gasteiger partial charge < -0.3 is 10.1 Å². The summed E-state index contributed by atoms with van der Waals surface area (Å²) >= 11 is 0. The molecule has 0 unspecified atom stereocenters. The molecule has 0 radical (unpaired) electrons. The monoisotopic (exact) mass is 484 g/mol. The molecule has 8 heteroatoms. The number of hydrogen-bond donors (Lipinski definition) is 2. The van der Waals surface area contributed by atoms with Crippen molar-refractivity contribution >= 4 is 21.6 Å². The average Bonchev–Trinajstić information content (AvgIpc) is 2.76. The summed E-state index contributed by atoms with van der Waals surface area (Å²) in [5.41, 5.74) is 5.35. The molecule has 0 fully saturated rings. The Labute approximate surface area is 200 Å². The van der Waals surface area contributed by atoms with Crippen LogP contribution in [0, 0.1) is 33.5 Å². The van der Waals surface area contributed by atoms with Gasteiger partial charge in [0.1, 0.15) is 11.6 Å². The van der Waals surface area contributed by atoms with Crippen molar-refractivity contribution in [3.05, 3.63) is 88.2 Å². The number of carbonyl (C=O) groups is 1. The number of hydrogen-bond acceptors (Lipinski definition) is 4. The van der Waals surface area contributed by atoms with E-state index in [4.69, 9.17) is 4.74 Å². The highest BCUT2D eigenvalue weighted by Crippen LogP contribution is 2.24. The Kier molecular flexibility index (Phi) is 7.61. The Morgan fingerprint density at radius 1 is 0.912 bits per heavy atom. The molecule has 0 saturated heterocycles. The van der Waals surface area contributed by atoms with Crippen LogP contribution < -0.4 is 14.8 Å². The lowest BCUT2D eigenvalue weighted by Crippen LogP contribution is -2.31. The van der Waals surface area contributed by atoms with E-state index in [1.54, 1.807) is 6.92 Å². The number of halogens is 1. The maximum atomic E-state index is 13.1. The maximum absolute atomic E-state index is 13.1. The molecule has 34 heavy (non-hydrogen) atoms. The minimum absolute atomic E-state index is 0.0324. The number of benzene rings is 3. The molecule has 0 aromatic heterocycles. The second kappa shape index (κ2) is 10.3. The lowest BCUT2D eigenvalue weighted by atomic mass is 9.96. The SMILES string of the molecule is Cc1cc(C)c([C@H](C)NC(=O)COc2ccc(S(=O)(=O)Nc3ccc(F)cc3)cc2C)cc1C. The van der Waals surface area contributed by atoms with Crippen molar-refractivity contribution in [2.24, 2.45) is 0 Å². The van der Waals surface area contributed by atoms with E-state index in [0.29, 0.717) is 11.3 Å². The molecule has 1 atom stereocenters. The molecule has 1 amide bonds. The van der Waals surface area contributed by atoms with Gasteiger partial charge in [0.25, 0.3) is 15.9 Å². The Morgan fingerprint density at radius 2 is 1.56 bits per heavy atom. The Bertz CT molecular complexity index is 1310. The Morgan fingerprint density at radius 3 is 2.21 bits per heavy atom. The minimum atomic E-state index is -3.86. The second-order valence-electron chi connectivity index (χ2n) is 8.41. The first-order chi connectivity index (χ1) is 16.0. The van der Waals surface area contributed by atoms with Gasteiger partial charge in [-0.1, -0.05) is 12.1 Å². The van der Waals surface area contributed by atoms with E-state index < -0.39 is 15.8 Å². The molecule has 180 valence electrons. The molecule has 0 bridgehead atoms. The summed E-state index contributed by atoms with van der Waals surface area (Å²) in [4.78, 5) is 12.5. The fourth-order valence-corrected chi connectivity index (χ4v) is 4.78. The number of carbonyl (C=O) groups excluding carboxylic acids is 1. The van der Waals surface area contributed by atoms with Gasteiger partial charge in [-0.2, -0.15) is 0 Å². The highest BCUT2D eigenvalue weighted by Gasteiger charge is 2.17. The van der Waals surface area contributed by atoms with Crippen LogP contribution in [0.1, 0.15) is 40.8 Å². The summed E-state index contributed by atoms with van der Waals surface area (Å²) < 4.78 is 46.4. The number of aryl methyl sites for hydroxylation is 4. The van der Waals surface area contributed by atoms with Crippen molar-refractivity contribution in [3.63, 3.8) is 0 Å². The Hall–Kier alpha value is -3.39. The first kappa shape index (κ1) is 25.2. The molecule has 0 spiro atoms. The van der Waals surface area contributed by atoms with Gasteiger partial charge in [0.2, 0.25) is 0 Å². The predicted molar refractivity (Wildman–Crippen MR) is 131 cm³/mol. The molecule has 0 heterocycles. The molecule has 2 N–H and O–H groups in total. The van der Waals surface area contributed by atoms with Gasteiger partial charge in [0.15, 0.2) is 6.61 Å². The standard InChI is InChI=1S/C26H29FN2O4S/c1-16-12-18(3)24(14-17(16)2)20(5)28-26(30)15-33-25-11-10-23(13-19(25)4)34(31,32)29-22-8-6-21(27)7-9-22/h6-14,20,29H,15H2,1-5H3,(H,28,30)/t20-/m0/s1. The van der Waals surface area contributed by atoms with Gasteiger partial charge >= 0.3 is 0 Å². The first-order valence-electron chi connectivity index (χ1n) is 10.8. The van der Waals surface area contributed by atoms with E-state index in [9.17, 15) is 17.6 Å². The topological polar surface area (TPSA) is 84.5 Å². The first-order valence-corrected chi connectivity index (χ1v) is 12.3. The van der Waals surface area contributed by atoms with Crippen molar-refractivity contribution in [3.8, 4) is 5.75 Å². The minimum Gasteiger partial charge on any atom is -0.484 e. The van der Waals surface area contributed by atoms with Gasteiger partial charge in [0.05, 0.1) is 10.9 Å². The van der Waals surface area contributed by atoms with Gasteiger partial charge in [-0.05, 0) is 105 Å². The highest BCUT2D eigenvalue weighted by molar-refractivity contribution is 7.92. The van der Waals surface area contributed by atoms with Crippen LogP contribution in [0.5, 0.6) is 5.75 Å². The average molecular weight is 485 g/mol. The van der Waals surface area contributed by atoms with Crippen molar-refractivity contribution in [1.29, 1.82) is 0 Å². The van der Waals surface area contributed by atoms with E-state index in [1.165, 1.54) is 48.0 Å².